The van der Waals surface area contributed by atoms with Crippen molar-refractivity contribution in [1.29, 1.82) is 0 Å². The average Bonchev–Trinajstić information content (AvgIpc) is 2.99. The topological polar surface area (TPSA) is 38.1 Å². The van der Waals surface area contributed by atoms with Crippen molar-refractivity contribution >= 4 is 35.0 Å². The first-order valence-electron chi connectivity index (χ1n) is 8.45. The van der Waals surface area contributed by atoms with E-state index in [0.29, 0.717) is 17.3 Å². The Kier molecular flexibility index (Phi) is 4.51. The fourth-order valence-corrected chi connectivity index (χ4v) is 4.62. The lowest BCUT2D eigenvalue weighted by molar-refractivity contribution is 0.0982. The maximum absolute atomic E-state index is 13.3. The predicted octanol–water partition coefficient (Wildman–Crippen LogP) is 5.01. The smallest absolute Gasteiger partial charge is 0.279 e. The zero-order valence-electron chi connectivity index (χ0n) is 14.6. The molecule has 0 spiro atoms. The van der Waals surface area contributed by atoms with Crippen LogP contribution in [0.5, 0.6) is 0 Å². The number of anilines is 1. The number of benzene rings is 2. The molecule has 132 valence electrons. The van der Waals surface area contributed by atoms with E-state index >= 15 is 0 Å². The molecule has 0 unspecified atom stereocenters. The summed E-state index contributed by atoms with van der Waals surface area (Å²) in [6.45, 7) is 2.51. The number of rotatable bonds is 3. The van der Waals surface area contributed by atoms with Gasteiger partial charge in [0.2, 0.25) is 0 Å². The van der Waals surface area contributed by atoms with Gasteiger partial charge in [-0.2, -0.15) is 5.10 Å². The molecule has 1 aliphatic rings. The Morgan fingerprint density at radius 1 is 1.27 bits per heavy atom. The molecule has 1 aliphatic heterocycles. The van der Waals surface area contributed by atoms with Crippen LogP contribution in [0.1, 0.15) is 23.0 Å². The number of thioether (sulfide) groups is 1. The third-order valence-corrected chi connectivity index (χ3v) is 5.88. The van der Waals surface area contributed by atoms with Crippen molar-refractivity contribution in [3.8, 4) is 11.3 Å². The summed E-state index contributed by atoms with van der Waals surface area (Å²) in [4.78, 5) is 16.2. The molecule has 4 rings (SSSR count). The van der Waals surface area contributed by atoms with Crippen molar-refractivity contribution in [1.82, 2.24) is 9.78 Å². The molecule has 0 fully saturated rings. The zero-order chi connectivity index (χ0) is 18.3. The Morgan fingerprint density at radius 2 is 2.08 bits per heavy atom. The van der Waals surface area contributed by atoms with Crippen LogP contribution in [0, 0.1) is 0 Å². The third-order valence-electron chi connectivity index (χ3n) is 4.54. The van der Waals surface area contributed by atoms with Gasteiger partial charge in [-0.1, -0.05) is 35.9 Å². The minimum absolute atomic E-state index is 0.0911. The van der Waals surface area contributed by atoms with Gasteiger partial charge in [0.1, 0.15) is 0 Å². The van der Waals surface area contributed by atoms with Gasteiger partial charge in [0.05, 0.1) is 5.69 Å². The summed E-state index contributed by atoms with van der Waals surface area (Å²) in [6.07, 6.45) is 0. The zero-order valence-corrected chi connectivity index (χ0v) is 16.1. The number of hydrogen-bond acceptors (Lipinski definition) is 3. The molecule has 4 nitrogen and oxygen atoms in total. The molecule has 0 bridgehead atoms. The number of hydrogen-bond donors (Lipinski definition) is 0. The van der Waals surface area contributed by atoms with E-state index in [-0.39, 0.29) is 5.91 Å². The largest absolute Gasteiger partial charge is 0.307 e. The number of amides is 1. The highest BCUT2D eigenvalue weighted by molar-refractivity contribution is 7.98. The molecule has 3 aromatic rings. The molecule has 0 aliphatic carbocycles. The van der Waals surface area contributed by atoms with E-state index < -0.39 is 0 Å². The molecule has 2 aromatic carbocycles. The van der Waals surface area contributed by atoms with Gasteiger partial charge in [-0.3, -0.25) is 9.48 Å². The van der Waals surface area contributed by atoms with Gasteiger partial charge < -0.3 is 4.90 Å². The second-order valence-electron chi connectivity index (χ2n) is 6.11. The molecule has 0 radical (unpaired) electrons. The molecule has 1 aromatic heterocycles. The van der Waals surface area contributed by atoms with Gasteiger partial charge in [-0.05, 0) is 31.2 Å². The van der Waals surface area contributed by atoms with Crippen molar-refractivity contribution in [2.24, 2.45) is 7.05 Å². The molecule has 2 heterocycles. The first kappa shape index (κ1) is 17.2. The highest BCUT2D eigenvalue weighted by Gasteiger charge is 2.30. The fraction of sp³-hybridized carbons (Fsp3) is 0.200. The Bertz CT molecular complexity index is 998. The summed E-state index contributed by atoms with van der Waals surface area (Å²) in [5.41, 5.74) is 4.48. The fourth-order valence-electron chi connectivity index (χ4n) is 3.37. The number of aromatic nitrogens is 2. The van der Waals surface area contributed by atoms with E-state index in [1.807, 2.05) is 49.0 Å². The van der Waals surface area contributed by atoms with E-state index in [2.05, 4.69) is 17.2 Å². The van der Waals surface area contributed by atoms with Gasteiger partial charge in [-0.25, -0.2) is 0 Å². The summed E-state index contributed by atoms with van der Waals surface area (Å²) in [5, 5.41) is 5.20. The predicted molar refractivity (Wildman–Crippen MR) is 107 cm³/mol. The van der Waals surface area contributed by atoms with Crippen LogP contribution in [-0.2, 0) is 12.8 Å². The second-order valence-corrected chi connectivity index (χ2v) is 7.57. The average molecular weight is 384 g/mol. The van der Waals surface area contributed by atoms with Crippen LogP contribution in [0.4, 0.5) is 5.69 Å². The minimum Gasteiger partial charge on any atom is -0.307 e. The molecule has 26 heavy (non-hydrogen) atoms. The third kappa shape index (κ3) is 2.81. The van der Waals surface area contributed by atoms with Gasteiger partial charge in [0, 0.05) is 46.1 Å². The van der Waals surface area contributed by atoms with Crippen LogP contribution in [0.25, 0.3) is 11.3 Å². The Balaban J connectivity index is 1.79. The van der Waals surface area contributed by atoms with E-state index in [9.17, 15) is 4.79 Å². The van der Waals surface area contributed by atoms with Crippen molar-refractivity contribution in [3.05, 3.63) is 64.8 Å². The molecular weight excluding hydrogens is 366 g/mol. The summed E-state index contributed by atoms with van der Waals surface area (Å²) < 4.78 is 1.83. The van der Waals surface area contributed by atoms with Gasteiger partial charge >= 0.3 is 0 Å². The van der Waals surface area contributed by atoms with Crippen molar-refractivity contribution in [3.63, 3.8) is 0 Å². The van der Waals surface area contributed by atoms with Crippen LogP contribution in [0.3, 0.4) is 0 Å². The molecule has 0 saturated carbocycles. The lowest BCUT2D eigenvalue weighted by Crippen LogP contribution is -2.31. The number of halogens is 1. The van der Waals surface area contributed by atoms with Crippen molar-refractivity contribution < 1.29 is 4.79 Å². The molecule has 1 amide bonds. The van der Waals surface area contributed by atoms with Crippen molar-refractivity contribution in [2.45, 2.75) is 17.6 Å². The first-order valence-corrected chi connectivity index (χ1v) is 9.82. The van der Waals surface area contributed by atoms with Gasteiger partial charge in [0.25, 0.3) is 5.91 Å². The van der Waals surface area contributed by atoms with Crippen LogP contribution in [0.2, 0.25) is 5.02 Å². The maximum Gasteiger partial charge on any atom is 0.279 e. The number of aryl methyl sites for hydroxylation is 1. The summed E-state index contributed by atoms with van der Waals surface area (Å²) in [7, 11) is 1.90. The quantitative estimate of drug-likeness (QED) is 0.637. The van der Waals surface area contributed by atoms with Crippen LogP contribution < -0.4 is 4.90 Å². The number of carbonyl (C=O) groups excluding carboxylic acids is 1. The lowest BCUT2D eigenvalue weighted by Gasteiger charge is -2.22. The molecule has 0 saturated heterocycles. The van der Waals surface area contributed by atoms with E-state index in [1.165, 1.54) is 4.90 Å². The van der Waals surface area contributed by atoms with Gasteiger partial charge in [0.15, 0.2) is 5.69 Å². The summed E-state index contributed by atoms with van der Waals surface area (Å²) in [6, 6.07) is 15.6. The number of nitrogens with zero attached hydrogens (tertiary/aromatic N) is 3. The molecule has 0 atom stereocenters. The lowest BCUT2D eigenvalue weighted by atomic mass is 10.1. The number of fused-ring (bicyclic) bond motifs is 3. The maximum atomic E-state index is 13.3. The summed E-state index contributed by atoms with van der Waals surface area (Å²) in [5.74, 6) is 0.653. The van der Waals surface area contributed by atoms with Crippen LogP contribution >= 0.6 is 23.4 Å². The van der Waals surface area contributed by atoms with Crippen LogP contribution in [-0.4, -0.2) is 22.2 Å². The SMILES string of the molecule is CCN(C(=O)c1nn(C)c2c1CSc1ccccc1-2)c1cccc(Cl)c1. The first-order chi connectivity index (χ1) is 12.6. The standard InChI is InChI=1S/C20H18ClN3OS/c1-3-24(14-8-6-7-13(21)11-14)20(25)18-16-12-26-17-10-5-4-9-15(17)19(16)23(2)22-18/h4-11H,3,12H2,1-2H3. The Labute approximate surface area is 161 Å². The highest BCUT2D eigenvalue weighted by Crippen LogP contribution is 2.42. The Hall–Kier alpha value is -2.24. The van der Waals surface area contributed by atoms with Crippen molar-refractivity contribution in [2.75, 3.05) is 11.4 Å². The molecule has 6 heteroatoms. The normalized spacial score (nSPS) is 12.4. The van der Waals surface area contributed by atoms with E-state index in [1.54, 1.807) is 22.7 Å². The monoisotopic (exact) mass is 383 g/mol. The van der Waals surface area contributed by atoms with E-state index in [0.717, 1.165) is 28.3 Å². The molecule has 0 N–H and O–H groups in total. The Morgan fingerprint density at radius 3 is 2.85 bits per heavy atom. The highest BCUT2D eigenvalue weighted by atomic mass is 35.5. The van der Waals surface area contributed by atoms with Crippen LogP contribution in [0.15, 0.2) is 53.4 Å². The van der Waals surface area contributed by atoms with E-state index in [4.69, 9.17) is 11.6 Å². The summed E-state index contributed by atoms with van der Waals surface area (Å²) >= 11 is 7.86. The number of carbonyl (C=O) groups is 1. The minimum atomic E-state index is -0.0911. The second kappa shape index (κ2) is 6.82. The van der Waals surface area contributed by atoms with Gasteiger partial charge in [-0.15, -0.1) is 11.8 Å². The molecular formula is C20H18ClN3OS.